The number of carboxylic acids is 1. The molecule has 4 heteroatoms. The van der Waals surface area contributed by atoms with Crippen molar-refractivity contribution in [1.29, 1.82) is 0 Å². The van der Waals surface area contributed by atoms with Crippen LogP contribution in [-0.2, 0) is 15.6 Å². The Morgan fingerprint density at radius 2 is 2.27 bits per heavy atom. The minimum atomic E-state index is -1.26. The number of carboxylic acid groups (broad SMARTS) is 1. The molecule has 0 aromatic rings. The van der Waals surface area contributed by atoms with Crippen LogP contribution in [-0.4, -0.2) is 25.8 Å². The van der Waals surface area contributed by atoms with E-state index >= 15 is 0 Å². The maximum atomic E-state index is 11.2. The summed E-state index contributed by atoms with van der Waals surface area (Å²) in [6, 6.07) is 0. The predicted octanol–water partition coefficient (Wildman–Crippen LogP) is 0.538. The van der Waals surface area contributed by atoms with Crippen LogP contribution in [0.5, 0.6) is 0 Å². The van der Waals surface area contributed by atoms with Crippen molar-refractivity contribution >= 4 is 16.8 Å². The van der Waals surface area contributed by atoms with Gasteiger partial charge in [0.05, 0.1) is 0 Å². The summed E-state index contributed by atoms with van der Waals surface area (Å²) < 4.78 is 10.2. The van der Waals surface area contributed by atoms with E-state index in [0.717, 1.165) is 0 Å². The first-order valence-electron chi connectivity index (χ1n) is 3.34. The van der Waals surface area contributed by atoms with E-state index in [1.165, 1.54) is 6.92 Å². The van der Waals surface area contributed by atoms with E-state index in [4.69, 9.17) is 5.11 Å². The highest BCUT2D eigenvalue weighted by molar-refractivity contribution is 7.87. The third-order valence-corrected chi connectivity index (χ3v) is 3.72. The molecule has 2 atom stereocenters. The quantitative estimate of drug-likeness (QED) is 0.590. The second-order valence-corrected chi connectivity index (χ2v) is 4.65. The first kappa shape index (κ1) is 8.46. The van der Waals surface area contributed by atoms with E-state index in [-0.39, 0.29) is 0 Å². The van der Waals surface area contributed by atoms with E-state index < -0.39 is 21.5 Å². The zero-order valence-electron chi connectivity index (χ0n) is 6.24. The molecule has 0 unspecified atom stereocenters. The summed E-state index contributed by atoms with van der Waals surface area (Å²) in [6.45, 7) is 1.52. The number of aliphatic carboxylic acids is 1. The van der Waals surface area contributed by atoms with Crippen LogP contribution in [0, 0.1) is 0 Å². The Kier molecular flexibility index (Phi) is 2.13. The van der Waals surface area contributed by atoms with Crippen molar-refractivity contribution in [3.63, 3.8) is 0 Å². The van der Waals surface area contributed by atoms with E-state index in [2.05, 4.69) is 0 Å². The van der Waals surface area contributed by atoms with Gasteiger partial charge in [0, 0.05) is 16.6 Å². The Balaban J connectivity index is 2.93. The predicted molar refractivity (Wildman–Crippen MR) is 42.8 cm³/mol. The molecule has 1 rings (SSSR count). The van der Waals surface area contributed by atoms with Gasteiger partial charge in [-0.3, -0.25) is 9.00 Å². The molecule has 1 aliphatic heterocycles. The number of allylic oxidation sites excluding steroid dienone is 1. The van der Waals surface area contributed by atoms with Crippen molar-refractivity contribution in [3.05, 3.63) is 12.2 Å². The lowest BCUT2D eigenvalue weighted by atomic mass is 10.1. The smallest absolute Gasteiger partial charge is 0.322 e. The van der Waals surface area contributed by atoms with Crippen LogP contribution in [0.15, 0.2) is 12.2 Å². The highest BCUT2D eigenvalue weighted by atomic mass is 32.2. The van der Waals surface area contributed by atoms with E-state index in [1.54, 1.807) is 12.2 Å². The third kappa shape index (κ3) is 1.35. The van der Waals surface area contributed by atoms with Crippen LogP contribution in [0.4, 0.5) is 0 Å². The summed E-state index contributed by atoms with van der Waals surface area (Å²) in [5, 5.41) is 8.74. The van der Waals surface area contributed by atoms with Gasteiger partial charge in [0.25, 0.3) is 0 Å². The highest BCUT2D eigenvalue weighted by Gasteiger charge is 2.39. The second-order valence-electron chi connectivity index (χ2n) is 2.72. The van der Waals surface area contributed by atoms with Crippen LogP contribution in [0.3, 0.4) is 0 Å². The molecule has 3 nitrogen and oxygen atoms in total. The van der Waals surface area contributed by atoms with Crippen LogP contribution in [0.2, 0.25) is 0 Å². The second kappa shape index (κ2) is 2.77. The van der Waals surface area contributed by atoms with Crippen LogP contribution in [0.25, 0.3) is 0 Å². The molecule has 0 amide bonds. The Morgan fingerprint density at radius 3 is 2.64 bits per heavy atom. The van der Waals surface area contributed by atoms with Gasteiger partial charge in [-0.2, -0.15) is 0 Å². The van der Waals surface area contributed by atoms with Gasteiger partial charge in [0.15, 0.2) is 0 Å². The average molecular weight is 174 g/mol. The molecule has 0 spiro atoms. The molecule has 11 heavy (non-hydrogen) atoms. The average Bonchev–Trinajstić information content (AvgIpc) is 1.95. The number of carbonyl (C=O) groups is 1. The molecule has 0 aliphatic carbocycles. The van der Waals surface area contributed by atoms with Gasteiger partial charge in [-0.25, -0.2) is 0 Å². The lowest BCUT2D eigenvalue weighted by Crippen LogP contribution is -2.41. The van der Waals surface area contributed by atoms with Gasteiger partial charge in [-0.1, -0.05) is 12.2 Å². The maximum Gasteiger partial charge on any atom is 0.322 e. The van der Waals surface area contributed by atoms with Gasteiger partial charge in [-0.05, 0) is 13.3 Å². The van der Waals surface area contributed by atoms with E-state index in [1.807, 2.05) is 0 Å². The molecule has 0 saturated heterocycles. The van der Waals surface area contributed by atoms with Crippen molar-refractivity contribution < 1.29 is 14.1 Å². The van der Waals surface area contributed by atoms with Gasteiger partial charge in [0.1, 0.15) is 4.75 Å². The lowest BCUT2D eigenvalue weighted by Gasteiger charge is -2.24. The Hall–Kier alpha value is -0.640. The largest absolute Gasteiger partial charge is 0.480 e. The standard InChI is InChI=1S/C7H10O3S/c1-7(6(8)9)4-2-3-5-11(7)10/h2-3H,4-5H2,1H3,(H,8,9)/t7-,11+/m1/s1. The van der Waals surface area contributed by atoms with Gasteiger partial charge < -0.3 is 5.11 Å². The first-order valence-corrected chi connectivity index (χ1v) is 4.66. The van der Waals surface area contributed by atoms with Crippen LogP contribution in [0.1, 0.15) is 13.3 Å². The molecule has 0 saturated carbocycles. The molecule has 1 aliphatic rings. The van der Waals surface area contributed by atoms with E-state index in [0.29, 0.717) is 12.2 Å². The molecule has 0 aromatic heterocycles. The van der Waals surface area contributed by atoms with Crippen molar-refractivity contribution in [2.24, 2.45) is 0 Å². The topological polar surface area (TPSA) is 54.4 Å². The SMILES string of the molecule is C[C@]1(C(=O)O)CC=CC[S@@]1=O. The summed E-state index contributed by atoms with van der Waals surface area (Å²) in [4.78, 5) is 10.7. The zero-order chi connectivity index (χ0) is 8.48. The summed E-state index contributed by atoms with van der Waals surface area (Å²) in [5.74, 6) is -0.608. The van der Waals surface area contributed by atoms with Gasteiger partial charge in [0.2, 0.25) is 0 Å². The number of rotatable bonds is 1. The molecular formula is C7H10O3S. The third-order valence-electron chi connectivity index (χ3n) is 1.88. The highest BCUT2D eigenvalue weighted by Crippen LogP contribution is 2.23. The normalized spacial score (nSPS) is 37.0. The van der Waals surface area contributed by atoms with Crippen LogP contribution < -0.4 is 0 Å². The first-order chi connectivity index (χ1) is 5.07. The fourth-order valence-electron chi connectivity index (χ4n) is 0.925. The molecule has 0 fully saturated rings. The number of hydrogen-bond acceptors (Lipinski definition) is 2. The minimum absolute atomic E-state index is 0.364. The Morgan fingerprint density at radius 1 is 1.64 bits per heavy atom. The summed E-state index contributed by atoms with van der Waals surface area (Å²) in [5.41, 5.74) is 0. The van der Waals surface area contributed by atoms with Crippen molar-refractivity contribution in [3.8, 4) is 0 Å². The minimum Gasteiger partial charge on any atom is -0.480 e. The zero-order valence-corrected chi connectivity index (χ0v) is 7.06. The summed E-state index contributed by atoms with van der Waals surface area (Å²) in [6.07, 6.45) is 3.91. The van der Waals surface area contributed by atoms with Crippen molar-refractivity contribution in [1.82, 2.24) is 0 Å². The Bertz CT molecular complexity index is 234. The fourth-order valence-corrected chi connectivity index (χ4v) is 2.08. The van der Waals surface area contributed by atoms with Crippen molar-refractivity contribution in [2.45, 2.75) is 18.1 Å². The van der Waals surface area contributed by atoms with Crippen molar-refractivity contribution in [2.75, 3.05) is 5.75 Å². The molecule has 0 radical (unpaired) electrons. The molecule has 1 heterocycles. The maximum absolute atomic E-state index is 11.2. The fraction of sp³-hybridized carbons (Fsp3) is 0.571. The van der Waals surface area contributed by atoms with Gasteiger partial charge >= 0.3 is 5.97 Å². The summed E-state index contributed by atoms with van der Waals surface area (Å²) >= 11 is 0. The Labute approximate surface area is 67.6 Å². The molecule has 62 valence electrons. The van der Waals surface area contributed by atoms with Gasteiger partial charge in [-0.15, -0.1) is 0 Å². The molecule has 1 N–H and O–H groups in total. The monoisotopic (exact) mass is 174 g/mol. The van der Waals surface area contributed by atoms with E-state index in [9.17, 15) is 9.00 Å². The lowest BCUT2D eigenvalue weighted by molar-refractivity contribution is -0.139. The molecular weight excluding hydrogens is 164 g/mol. The van der Waals surface area contributed by atoms with Crippen LogP contribution >= 0.6 is 0 Å². The summed E-state index contributed by atoms with van der Waals surface area (Å²) in [7, 11) is -1.26. The molecule has 0 bridgehead atoms. The number of hydrogen-bond donors (Lipinski definition) is 1. The molecule has 0 aromatic carbocycles.